The lowest BCUT2D eigenvalue weighted by atomic mass is 9.91. The molecule has 0 amide bonds. The second kappa shape index (κ2) is 7.84. The lowest BCUT2D eigenvalue weighted by Gasteiger charge is -2.14. The van der Waals surface area contributed by atoms with Crippen molar-refractivity contribution in [3.63, 3.8) is 0 Å². The summed E-state index contributed by atoms with van der Waals surface area (Å²) in [6, 6.07) is 24.4. The van der Waals surface area contributed by atoms with E-state index in [4.69, 9.17) is 4.98 Å². The minimum atomic E-state index is -0.0282. The quantitative estimate of drug-likeness (QED) is 0.292. The molecule has 1 aromatic heterocycles. The molecule has 4 aromatic rings. The van der Waals surface area contributed by atoms with Crippen molar-refractivity contribution in [2.45, 2.75) is 20.8 Å². The van der Waals surface area contributed by atoms with Gasteiger partial charge in [0, 0.05) is 16.6 Å². The number of aryl methyl sites for hydroxylation is 3. The molecule has 29 heavy (non-hydrogen) atoms. The SMILES string of the molecule is Cc1ccc(-c2c(C(=O)C=Cc3ccccc3C)c(C)nc3ccccc23)cc1. The third-order valence-corrected chi connectivity index (χ3v) is 5.26. The van der Waals surface area contributed by atoms with Crippen LogP contribution in [0.3, 0.4) is 0 Å². The first-order valence-corrected chi connectivity index (χ1v) is 9.79. The van der Waals surface area contributed by atoms with Crippen molar-refractivity contribution in [2.24, 2.45) is 0 Å². The van der Waals surface area contributed by atoms with Crippen LogP contribution in [0.5, 0.6) is 0 Å². The number of allylic oxidation sites excluding steroid dienone is 1. The van der Waals surface area contributed by atoms with Crippen LogP contribution in [0.15, 0.2) is 78.9 Å². The number of para-hydroxylation sites is 1. The average Bonchev–Trinajstić information content (AvgIpc) is 2.72. The Hall–Kier alpha value is -3.52. The van der Waals surface area contributed by atoms with Crippen molar-refractivity contribution in [1.29, 1.82) is 0 Å². The molecular formula is C27H23NO. The number of hydrogen-bond acceptors (Lipinski definition) is 2. The van der Waals surface area contributed by atoms with Crippen LogP contribution in [0.2, 0.25) is 0 Å². The summed E-state index contributed by atoms with van der Waals surface area (Å²) in [6.45, 7) is 6.03. The number of rotatable bonds is 4. The number of nitrogens with zero attached hydrogens (tertiary/aromatic N) is 1. The Bertz CT molecular complexity index is 1230. The van der Waals surface area contributed by atoms with Gasteiger partial charge in [-0.05, 0) is 49.6 Å². The standard InChI is InChI=1S/C27H23NO/c1-18-12-14-22(15-13-18)27-23-10-6-7-11-24(23)28-20(3)26(27)25(29)17-16-21-9-5-4-8-19(21)2/h4-17H,1-3H3. The van der Waals surface area contributed by atoms with E-state index in [1.165, 1.54) is 5.56 Å². The molecule has 0 aliphatic heterocycles. The number of carbonyl (C=O) groups excluding carboxylic acids is 1. The fourth-order valence-electron chi connectivity index (χ4n) is 3.68. The topological polar surface area (TPSA) is 30.0 Å². The molecule has 4 rings (SSSR count). The van der Waals surface area contributed by atoms with Crippen molar-refractivity contribution < 1.29 is 4.79 Å². The highest BCUT2D eigenvalue weighted by Gasteiger charge is 2.18. The maximum Gasteiger partial charge on any atom is 0.188 e. The molecule has 0 unspecified atom stereocenters. The lowest BCUT2D eigenvalue weighted by molar-refractivity contribution is 0.104. The predicted molar refractivity (Wildman–Crippen MR) is 121 cm³/mol. The van der Waals surface area contributed by atoms with Gasteiger partial charge in [0.05, 0.1) is 11.1 Å². The maximum atomic E-state index is 13.3. The highest BCUT2D eigenvalue weighted by molar-refractivity contribution is 6.16. The molecule has 0 aliphatic carbocycles. The molecule has 0 N–H and O–H groups in total. The van der Waals surface area contributed by atoms with Crippen molar-refractivity contribution >= 4 is 22.8 Å². The summed E-state index contributed by atoms with van der Waals surface area (Å²) in [6.07, 6.45) is 3.56. The van der Waals surface area contributed by atoms with Gasteiger partial charge in [-0.25, -0.2) is 0 Å². The van der Waals surface area contributed by atoms with Gasteiger partial charge >= 0.3 is 0 Å². The molecule has 0 bridgehead atoms. The average molecular weight is 377 g/mol. The van der Waals surface area contributed by atoms with Gasteiger partial charge in [-0.2, -0.15) is 0 Å². The third kappa shape index (κ3) is 3.74. The molecule has 142 valence electrons. The second-order valence-corrected chi connectivity index (χ2v) is 7.38. The molecule has 0 spiro atoms. The van der Waals surface area contributed by atoms with Gasteiger partial charge < -0.3 is 0 Å². The molecule has 0 radical (unpaired) electrons. The highest BCUT2D eigenvalue weighted by Crippen LogP contribution is 2.33. The summed E-state index contributed by atoms with van der Waals surface area (Å²) in [5.74, 6) is -0.0282. The van der Waals surface area contributed by atoms with Crippen molar-refractivity contribution in [2.75, 3.05) is 0 Å². The van der Waals surface area contributed by atoms with Crippen LogP contribution in [0.4, 0.5) is 0 Å². The number of fused-ring (bicyclic) bond motifs is 1. The van der Waals surface area contributed by atoms with E-state index in [0.29, 0.717) is 5.56 Å². The minimum Gasteiger partial charge on any atom is -0.289 e. The van der Waals surface area contributed by atoms with Crippen LogP contribution in [-0.4, -0.2) is 10.8 Å². The first-order valence-electron chi connectivity index (χ1n) is 9.79. The summed E-state index contributed by atoms with van der Waals surface area (Å²) in [7, 11) is 0. The normalized spacial score (nSPS) is 11.3. The first-order chi connectivity index (χ1) is 14.0. The maximum absolute atomic E-state index is 13.3. The second-order valence-electron chi connectivity index (χ2n) is 7.38. The number of ketones is 1. The molecule has 2 nitrogen and oxygen atoms in total. The van der Waals surface area contributed by atoms with Crippen LogP contribution < -0.4 is 0 Å². The van der Waals surface area contributed by atoms with E-state index < -0.39 is 0 Å². The van der Waals surface area contributed by atoms with Crippen LogP contribution in [-0.2, 0) is 0 Å². The van der Waals surface area contributed by atoms with Gasteiger partial charge in [-0.1, -0.05) is 78.4 Å². The number of hydrogen-bond donors (Lipinski definition) is 0. The van der Waals surface area contributed by atoms with Crippen LogP contribution in [0, 0.1) is 20.8 Å². The van der Waals surface area contributed by atoms with E-state index in [9.17, 15) is 4.79 Å². The number of aromatic nitrogens is 1. The van der Waals surface area contributed by atoms with E-state index in [1.807, 2.05) is 68.5 Å². The van der Waals surface area contributed by atoms with Crippen molar-refractivity contribution in [3.8, 4) is 11.1 Å². The number of pyridine rings is 1. The Morgan fingerprint density at radius 1 is 0.828 bits per heavy atom. The molecule has 0 atom stereocenters. The van der Waals surface area contributed by atoms with Crippen molar-refractivity contribution in [3.05, 3.63) is 107 Å². The summed E-state index contributed by atoms with van der Waals surface area (Å²) < 4.78 is 0. The van der Waals surface area contributed by atoms with Gasteiger partial charge in [-0.3, -0.25) is 9.78 Å². The fraction of sp³-hybridized carbons (Fsp3) is 0.111. The number of carbonyl (C=O) groups is 1. The summed E-state index contributed by atoms with van der Waals surface area (Å²) in [5, 5.41) is 0.995. The Morgan fingerprint density at radius 2 is 1.52 bits per heavy atom. The van der Waals surface area contributed by atoms with Gasteiger partial charge in [-0.15, -0.1) is 0 Å². The zero-order valence-electron chi connectivity index (χ0n) is 16.9. The summed E-state index contributed by atoms with van der Waals surface area (Å²) in [4.78, 5) is 18.0. The van der Waals surface area contributed by atoms with E-state index in [-0.39, 0.29) is 5.78 Å². The fourth-order valence-corrected chi connectivity index (χ4v) is 3.68. The summed E-state index contributed by atoms with van der Waals surface area (Å²) >= 11 is 0. The van der Waals surface area contributed by atoms with E-state index >= 15 is 0 Å². The van der Waals surface area contributed by atoms with E-state index in [1.54, 1.807) is 6.08 Å². The van der Waals surface area contributed by atoms with Crippen LogP contribution in [0.25, 0.3) is 28.1 Å². The molecule has 0 fully saturated rings. The summed E-state index contributed by atoms with van der Waals surface area (Å²) in [5.41, 5.74) is 7.68. The zero-order valence-corrected chi connectivity index (χ0v) is 16.9. The monoisotopic (exact) mass is 377 g/mol. The Balaban J connectivity index is 1.90. The van der Waals surface area contributed by atoms with Gasteiger partial charge in [0.25, 0.3) is 0 Å². The Kier molecular flexibility index (Phi) is 5.09. The molecule has 2 heteroatoms. The first kappa shape index (κ1) is 18.8. The largest absolute Gasteiger partial charge is 0.289 e. The van der Waals surface area contributed by atoms with E-state index in [2.05, 4.69) is 31.2 Å². The van der Waals surface area contributed by atoms with Crippen LogP contribution >= 0.6 is 0 Å². The van der Waals surface area contributed by atoms with E-state index in [0.717, 1.165) is 38.9 Å². The van der Waals surface area contributed by atoms with Gasteiger partial charge in [0.15, 0.2) is 5.78 Å². The van der Waals surface area contributed by atoms with Crippen molar-refractivity contribution in [1.82, 2.24) is 4.98 Å². The Labute approximate surface area is 171 Å². The smallest absolute Gasteiger partial charge is 0.188 e. The highest BCUT2D eigenvalue weighted by atomic mass is 16.1. The zero-order chi connectivity index (χ0) is 20.4. The Morgan fingerprint density at radius 3 is 2.28 bits per heavy atom. The van der Waals surface area contributed by atoms with Gasteiger partial charge in [0.1, 0.15) is 0 Å². The molecule has 0 saturated heterocycles. The minimum absolute atomic E-state index is 0.0282. The lowest BCUT2D eigenvalue weighted by Crippen LogP contribution is -2.05. The third-order valence-electron chi connectivity index (χ3n) is 5.26. The van der Waals surface area contributed by atoms with Crippen LogP contribution in [0.1, 0.15) is 32.7 Å². The molecular weight excluding hydrogens is 354 g/mol. The molecule has 0 saturated carbocycles. The van der Waals surface area contributed by atoms with Gasteiger partial charge in [0.2, 0.25) is 0 Å². The molecule has 0 aliphatic rings. The number of benzene rings is 3. The molecule has 3 aromatic carbocycles. The predicted octanol–water partition coefficient (Wildman–Crippen LogP) is 6.72. The molecule has 1 heterocycles.